The van der Waals surface area contributed by atoms with Gasteiger partial charge in [-0.05, 0) is 52.7 Å². The molecule has 0 saturated carbocycles. The lowest BCUT2D eigenvalue weighted by Gasteiger charge is -2.14. The summed E-state index contributed by atoms with van der Waals surface area (Å²) in [5.41, 5.74) is -0.581. The predicted molar refractivity (Wildman–Crippen MR) is 142 cm³/mol. The summed E-state index contributed by atoms with van der Waals surface area (Å²) in [5.74, 6) is -0.0513. The number of alkyl halides is 6. The summed E-state index contributed by atoms with van der Waals surface area (Å²) < 4.78 is 80.6. The van der Waals surface area contributed by atoms with Crippen LogP contribution in [0, 0.1) is 0 Å². The number of nitrogens with zero attached hydrogens (tertiary/aromatic N) is 3. The van der Waals surface area contributed by atoms with Crippen LogP contribution in [-0.4, -0.2) is 20.7 Å². The molecule has 0 fully saturated rings. The van der Waals surface area contributed by atoms with Crippen molar-refractivity contribution in [2.45, 2.75) is 29.8 Å². The van der Waals surface area contributed by atoms with Gasteiger partial charge in [0.1, 0.15) is 0 Å². The first-order valence-corrected chi connectivity index (χ1v) is 13.2. The molecule has 0 spiro atoms. The smallest absolute Gasteiger partial charge is 0.345 e. The van der Waals surface area contributed by atoms with E-state index in [1.165, 1.54) is 28.8 Å². The second kappa shape index (κ2) is 11.3. The fraction of sp³-hybridized carbons (Fsp3) is 0.138. The van der Waals surface area contributed by atoms with E-state index < -0.39 is 29.4 Å². The minimum atomic E-state index is -4.60. The Labute approximate surface area is 234 Å². The molecular formula is C29H20F6N4OS. The number of aromatic nitrogens is 3. The van der Waals surface area contributed by atoms with E-state index in [-0.39, 0.29) is 29.0 Å². The van der Waals surface area contributed by atoms with Gasteiger partial charge in [0.15, 0.2) is 11.0 Å². The van der Waals surface area contributed by atoms with Crippen molar-refractivity contribution >= 4 is 28.4 Å². The van der Waals surface area contributed by atoms with Gasteiger partial charge >= 0.3 is 12.4 Å². The van der Waals surface area contributed by atoms with Crippen molar-refractivity contribution in [2.75, 3.05) is 0 Å². The molecule has 5 nitrogen and oxygen atoms in total. The third-order valence-electron chi connectivity index (χ3n) is 6.22. The van der Waals surface area contributed by atoms with Crippen LogP contribution in [0.1, 0.15) is 32.9 Å². The van der Waals surface area contributed by atoms with Crippen molar-refractivity contribution in [3.8, 4) is 5.69 Å². The SMILES string of the molecule is O=C(NCc1nnc(SCc2ccc(C(F)(F)F)cc2)n1-c1cccc(C(F)(F)F)c1)c1cccc2ccccc12. The Bertz CT molecular complexity index is 1690. The van der Waals surface area contributed by atoms with Gasteiger partial charge < -0.3 is 5.32 Å². The Morgan fingerprint density at radius 2 is 1.46 bits per heavy atom. The number of hydrogen-bond donors (Lipinski definition) is 1. The van der Waals surface area contributed by atoms with Gasteiger partial charge in [-0.3, -0.25) is 9.36 Å². The van der Waals surface area contributed by atoms with Crippen LogP contribution >= 0.6 is 11.8 Å². The minimum Gasteiger partial charge on any atom is -0.345 e. The molecule has 5 rings (SSSR count). The van der Waals surface area contributed by atoms with Crippen molar-refractivity contribution in [1.29, 1.82) is 0 Å². The average Bonchev–Trinajstić information content (AvgIpc) is 3.36. The van der Waals surface area contributed by atoms with Crippen molar-refractivity contribution in [2.24, 2.45) is 0 Å². The maximum absolute atomic E-state index is 13.5. The van der Waals surface area contributed by atoms with Crippen molar-refractivity contribution in [1.82, 2.24) is 20.1 Å². The van der Waals surface area contributed by atoms with Gasteiger partial charge in [-0.25, -0.2) is 0 Å². The van der Waals surface area contributed by atoms with E-state index in [0.717, 1.165) is 46.8 Å². The Morgan fingerprint density at radius 3 is 2.20 bits per heavy atom. The monoisotopic (exact) mass is 586 g/mol. The van der Waals surface area contributed by atoms with Crippen molar-refractivity contribution in [3.05, 3.63) is 119 Å². The Balaban J connectivity index is 1.43. The molecule has 0 saturated heterocycles. The second-order valence-corrected chi connectivity index (χ2v) is 9.92. The zero-order valence-electron chi connectivity index (χ0n) is 21.0. The van der Waals surface area contributed by atoms with E-state index in [9.17, 15) is 31.1 Å². The number of thioether (sulfide) groups is 1. The molecule has 0 bridgehead atoms. The number of amides is 1. The lowest BCUT2D eigenvalue weighted by atomic mass is 10.0. The Kier molecular flexibility index (Phi) is 7.76. The highest BCUT2D eigenvalue weighted by Crippen LogP contribution is 2.33. The fourth-order valence-electron chi connectivity index (χ4n) is 4.20. The second-order valence-electron chi connectivity index (χ2n) is 8.98. The molecule has 1 N–H and O–H groups in total. The van der Waals surface area contributed by atoms with E-state index in [1.54, 1.807) is 12.1 Å². The summed E-state index contributed by atoms with van der Waals surface area (Å²) in [6.45, 7) is -0.147. The van der Waals surface area contributed by atoms with Crippen molar-refractivity contribution in [3.63, 3.8) is 0 Å². The minimum absolute atomic E-state index is 0.120. The summed E-state index contributed by atoms with van der Waals surface area (Å²) >= 11 is 1.09. The molecule has 5 aromatic rings. The molecule has 0 radical (unpaired) electrons. The van der Waals surface area contributed by atoms with E-state index in [1.807, 2.05) is 30.3 Å². The number of hydrogen-bond acceptors (Lipinski definition) is 4. The summed E-state index contributed by atoms with van der Waals surface area (Å²) in [4.78, 5) is 13.1. The number of rotatable bonds is 7. The molecule has 1 heterocycles. The molecule has 12 heteroatoms. The Hall–Kier alpha value is -4.32. The number of carbonyl (C=O) groups is 1. The van der Waals surface area contributed by atoms with Crippen LogP contribution in [0.4, 0.5) is 26.3 Å². The van der Waals surface area contributed by atoms with Crippen LogP contribution in [0.25, 0.3) is 16.5 Å². The number of nitrogens with one attached hydrogen (secondary N) is 1. The largest absolute Gasteiger partial charge is 0.416 e. The molecule has 1 aromatic heterocycles. The maximum atomic E-state index is 13.5. The highest BCUT2D eigenvalue weighted by Gasteiger charge is 2.31. The summed E-state index contributed by atoms with van der Waals surface area (Å²) in [7, 11) is 0. The van der Waals surface area contributed by atoms with Crippen LogP contribution in [0.3, 0.4) is 0 Å². The molecule has 1 amide bonds. The van der Waals surface area contributed by atoms with Crippen LogP contribution in [0.2, 0.25) is 0 Å². The topological polar surface area (TPSA) is 59.8 Å². The first-order valence-electron chi connectivity index (χ1n) is 12.2. The highest BCUT2D eigenvalue weighted by molar-refractivity contribution is 7.98. The third-order valence-corrected chi connectivity index (χ3v) is 7.22. The highest BCUT2D eigenvalue weighted by atomic mass is 32.2. The molecule has 41 heavy (non-hydrogen) atoms. The van der Waals surface area contributed by atoms with Gasteiger partial charge in [-0.15, -0.1) is 10.2 Å². The standard InChI is InChI=1S/C29H20F6N4OS/c30-28(31,32)20-13-11-18(12-14-20)17-41-27-38-37-25(39(27)22-8-4-7-21(15-22)29(33,34)35)16-36-26(40)24-10-3-6-19-5-1-2-9-23(19)24/h1-15H,16-17H2,(H,36,40). The van der Waals surface area contributed by atoms with E-state index in [2.05, 4.69) is 15.5 Å². The van der Waals surface area contributed by atoms with Gasteiger partial charge in [0, 0.05) is 11.3 Å². The average molecular weight is 587 g/mol. The van der Waals surface area contributed by atoms with Crippen LogP contribution in [0.5, 0.6) is 0 Å². The summed E-state index contributed by atoms with van der Waals surface area (Å²) in [5, 5.41) is 12.8. The summed E-state index contributed by atoms with van der Waals surface area (Å²) in [6, 6.07) is 21.8. The molecule has 0 atom stereocenters. The van der Waals surface area contributed by atoms with Crippen molar-refractivity contribution < 1.29 is 31.1 Å². The number of halogens is 6. The summed E-state index contributed by atoms with van der Waals surface area (Å²) in [6.07, 6.45) is -9.07. The van der Waals surface area contributed by atoms with E-state index >= 15 is 0 Å². The Morgan fingerprint density at radius 1 is 0.780 bits per heavy atom. The molecule has 0 aliphatic rings. The van der Waals surface area contributed by atoms with Crippen LogP contribution in [0.15, 0.2) is 96.2 Å². The number of carbonyl (C=O) groups excluding carboxylic acids is 1. The van der Waals surface area contributed by atoms with Gasteiger partial charge in [0.2, 0.25) is 0 Å². The quantitative estimate of drug-likeness (QED) is 0.157. The predicted octanol–water partition coefficient (Wildman–Crippen LogP) is 7.68. The molecule has 4 aromatic carbocycles. The zero-order valence-corrected chi connectivity index (χ0v) is 21.8. The normalized spacial score (nSPS) is 12.0. The van der Waals surface area contributed by atoms with Gasteiger partial charge in [-0.2, -0.15) is 26.3 Å². The third kappa shape index (κ3) is 6.37. The first kappa shape index (κ1) is 28.2. The van der Waals surface area contributed by atoms with Crippen LogP contribution in [-0.2, 0) is 24.7 Å². The molecular weight excluding hydrogens is 566 g/mol. The van der Waals surface area contributed by atoms with Crippen LogP contribution < -0.4 is 5.32 Å². The lowest BCUT2D eigenvalue weighted by Crippen LogP contribution is -2.25. The zero-order chi connectivity index (χ0) is 29.2. The fourth-order valence-corrected chi connectivity index (χ4v) is 5.13. The van der Waals surface area contributed by atoms with Gasteiger partial charge in [-0.1, -0.05) is 66.4 Å². The number of benzene rings is 4. The molecule has 210 valence electrons. The first-order chi connectivity index (χ1) is 19.5. The number of fused-ring (bicyclic) bond motifs is 1. The van der Waals surface area contributed by atoms with E-state index in [0.29, 0.717) is 11.1 Å². The maximum Gasteiger partial charge on any atom is 0.416 e. The van der Waals surface area contributed by atoms with Gasteiger partial charge in [0.05, 0.1) is 23.4 Å². The lowest BCUT2D eigenvalue weighted by molar-refractivity contribution is -0.138. The molecule has 0 aliphatic carbocycles. The van der Waals surface area contributed by atoms with E-state index in [4.69, 9.17) is 0 Å². The molecule has 0 aliphatic heterocycles. The molecule has 0 unspecified atom stereocenters. The van der Waals surface area contributed by atoms with Gasteiger partial charge in [0.25, 0.3) is 5.91 Å².